The van der Waals surface area contributed by atoms with Gasteiger partial charge in [-0.15, -0.1) is 0 Å². The highest BCUT2D eigenvalue weighted by Gasteiger charge is 2.36. The Hall–Kier alpha value is -2.21. The van der Waals surface area contributed by atoms with Crippen molar-refractivity contribution in [3.63, 3.8) is 0 Å². The number of aliphatic hydroxyl groups excluding tert-OH is 1. The van der Waals surface area contributed by atoms with Crippen molar-refractivity contribution in [3.8, 4) is 0 Å². The van der Waals surface area contributed by atoms with Gasteiger partial charge in [0.15, 0.2) is 0 Å². The van der Waals surface area contributed by atoms with E-state index in [9.17, 15) is 9.90 Å². The highest BCUT2D eigenvalue weighted by atomic mass is 16.3. The van der Waals surface area contributed by atoms with E-state index in [0.29, 0.717) is 25.1 Å². The second kappa shape index (κ2) is 5.65. The van der Waals surface area contributed by atoms with E-state index in [1.165, 1.54) is 0 Å². The molecular formula is C15H18N4O2. The molecule has 6 heteroatoms. The zero-order chi connectivity index (χ0) is 14.8. The molecule has 0 aliphatic carbocycles. The maximum atomic E-state index is 12.5. The van der Waals surface area contributed by atoms with E-state index in [1.807, 2.05) is 13.2 Å². The first kappa shape index (κ1) is 13.8. The Balaban J connectivity index is 1.79. The lowest BCUT2D eigenvalue weighted by Crippen LogP contribution is -2.41. The molecule has 0 saturated carbocycles. The first-order valence-corrected chi connectivity index (χ1v) is 7.03. The number of likely N-dealkylation sites (tertiary alicyclic amines) is 1. The van der Waals surface area contributed by atoms with Gasteiger partial charge < -0.3 is 10.0 Å². The highest BCUT2D eigenvalue weighted by molar-refractivity contribution is 5.92. The van der Waals surface area contributed by atoms with Crippen LogP contribution in [0.1, 0.15) is 22.5 Å². The third-order valence-corrected chi connectivity index (χ3v) is 3.86. The van der Waals surface area contributed by atoms with Crippen molar-refractivity contribution >= 4 is 5.91 Å². The standard InChI is InChI=1S/C15H18N4O2/c1-18-10-11(9-17-18)8-13-14(20)5-7-19(13)15(21)12-4-2-3-6-16-12/h2-4,6,9-10,13-14,20H,5,7-8H2,1H3/t13-,14+/m1/s1. The fourth-order valence-corrected chi connectivity index (χ4v) is 2.79. The third-order valence-electron chi connectivity index (χ3n) is 3.86. The fourth-order valence-electron chi connectivity index (χ4n) is 2.79. The first-order valence-electron chi connectivity index (χ1n) is 7.03. The average molecular weight is 286 g/mol. The molecule has 2 atom stereocenters. The van der Waals surface area contributed by atoms with E-state index in [1.54, 1.807) is 40.2 Å². The molecule has 0 aromatic carbocycles. The minimum Gasteiger partial charge on any atom is -0.391 e. The number of aryl methyl sites for hydroxylation is 1. The molecule has 1 saturated heterocycles. The van der Waals surface area contributed by atoms with Crippen LogP contribution in [0, 0.1) is 0 Å². The van der Waals surface area contributed by atoms with Gasteiger partial charge in [-0.05, 0) is 30.5 Å². The van der Waals surface area contributed by atoms with Crippen molar-refractivity contribution in [1.82, 2.24) is 19.7 Å². The number of rotatable bonds is 3. The topological polar surface area (TPSA) is 71.2 Å². The number of hydrogen-bond acceptors (Lipinski definition) is 4. The van der Waals surface area contributed by atoms with Crippen LogP contribution >= 0.6 is 0 Å². The highest BCUT2D eigenvalue weighted by Crippen LogP contribution is 2.23. The summed E-state index contributed by atoms with van der Waals surface area (Å²) in [5.41, 5.74) is 1.44. The second-order valence-corrected chi connectivity index (χ2v) is 5.36. The van der Waals surface area contributed by atoms with Crippen LogP contribution < -0.4 is 0 Å². The summed E-state index contributed by atoms with van der Waals surface area (Å²) in [6.07, 6.45) is 5.99. The smallest absolute Gasteiger partial charge is 0.272 e. The maximum absolute atomic E-state index is 12.5. The molecule has 110 valence electrons. The van der Waals surface area contributed by atoms with E-state index in [0.717, 1.165) is 5.56 Å². The van der Waals surface area contributed by atoms with Crippen LogP contribution in [0.15, 0.2) is 36.8 Å². The van der Waals surface area contributed by atoms with Gasteiger partial charge in [0.25, 0.3) is 5.91 Å². The molecular weight excluding hydrogens is 268 g/mol. The van der Waals surface area contributed by atoms with Gasteiger partial charge in [-0.25, -0.2) is 0 Å². The van der Waals surface area contributed by atoms with E-state index in [4.69, 9.17) is 0 Å². The zero-order valence-electron chi connectivity index (χ0n) is 11.9. The Morgan fingerprint density at radius 3 is 3.00 bits per heavy atom. The summed E-state index contributed by atoms with van der Waals surface area (Å²) >= 11 is 0. The third kappa shape index (κ3) is 2.80. The zero-order valence-corrected chi connectivity index (χ0v) is 11.9. The second-order valence-electron chi connectivity index (χ2n) is 5.36. The normalized spacial score (nSPS) is 21.7. The number of hydrogen-bond donors (Lipinski definition) is 1. The lowest BCUT2D eigenvalue weighted by atomic mass is 10.0. The summed E-state index contributed by atoms with van der Waals surface area (Å²) in [5, 5.41) is 14.3. The van der Waals surface area contributed by atoms with E-state index < -0.39 is 6.10 Å². The average Bonchev–Trinajstić information content (AvgIpc) is 3.07. The van der Waals surface area contributed by atoms with Crippen molar-refractivity contribution in [2.24, 2.45) is 7.05 Å². The molecule has 0 unspecified atom stereocenters. The summed E-state index contributed by atoms with van der Waals surface area (Å²) < 4.78 is 1.72. The van der Waals surface area contributed by atoms with Gasteiger partial charge in [0.2, 0.25) is 0 Å². The summed E-state index contributed by atoms with van der Waals surface area (Å²) in [7, 11) is 1.85. The maximum Gasteiger partial charge on any atom is 0.272 e. The van der Waals surface area contributed by atoms with Gasteiger partial charge in [0.05, 0.1) is 18.3 Å². The summed E-state index contributed by atoms with van der Waals surface area (Å²) in [6, 6.07) is 5.06. The van der Waals surface area contributed by atoms with Gasteiger partial charge in [0, 0.05) is 26.0 Å². The predicted molar refractivity (Wildman–Crippen MR) is 76.6 cm³/mol. The van der Waals surface area contributed by atoms with Gasteiger partial charge in [-0.1, -0.05) is 6.07 Å². The lowest BCUT2D eigenvalue weighted by molar-refractivity contribution is 0.0634. The molecule has 6 nitrogen and oxygen atoms in total. The Morgan fingerprint density at radius 1 is 1.48 bits per heavy atom. The largest absolute Gasteiger partial charge is 0.391 e. The van der Waals surface area contributed by atoms with Crippen LogP contribution in [0.25, 0.3) is 0 Å². The molecule has 1 aliphatic rings. The van der Waals surface area contributed by atoms with Gasteiger partial charge in [0.1, 0.15) is 5.69 Å². The molecule has 2 aromatic rings. The number of aliphatic hydroxyl groups is 1. The van der Waals surface area contributed by atoms with E-state index in [-0.39, 0.29) is 11.9 Å². The summed E-state index contributed by atoms with van der Waals surface area (Å²) in [5.74, 6) is -0.124. The van der Waals surface area contributed by atoms with E-state index >= 15 is 0 Å². The fraction of sp³-hybridized carbons (Fsp3) is 0.400. The Kier molecular flexibility index (Phi) is 3.70. The molecule has 2 aromatic heterocycles. The molecule has 0 spiro atoms. The monoisotopic (exact) mass is 286 g/mol. The number of aromatic nitrogens is 3. The number of pyridine rings is 1. The Morgan fingerprint density at radius 2 is 2.33 bits per heavy atom. The van der Waals surface area contributed by atoms with Crippen LogP contribution in [0.4, 0.5) is 0 Å². The molecule has 1 fully saturated rings. The number of carbonyl (C=O) groups is 1. The van der Waals surface area contributed by atoms with Crippen molar-refractivity contribution in [1.29, 1.82) is 0 Å². The van der Waals surface area contributed by atoms with Crippen molar-refractivity contribution in [2.45, 2.75) is 25.0 Å². The number of amides is 1. The SMILES string of the molecule is Cn1cc(C[C@@H]2[C@@H](O)CCN2C(=O)c2ccccn2)cn1. The molecule has 0 bridgehead atoms. The quantitative estimate of drug-likeness (QED) is 0.898. The number of nitrogens with zero attached hydrogens (tertiary/aromatic N) is 4. The lowest BCUT2D eigenvalue weighted by Gasteiger charge is -2.25. The molecule has 3 rings (SSSR count). The van der Waals surface area contributed by atoms with Crippen LogP contribution in [0.2, 0.25) is 0 Å². The van der Waals surface area contributed by atoms with E-state index in [2.05, 4.69) is 10.1 Å². The Labute approximate surface area is 123 Å². The molecule has 1 N–H and O–H groups in total. The van der Waals surface area contributed by atoms with Crippen LogP contribution in [-0.4, -0.2) is 49.4 Å². The van der Waals surface area contributed by atoms with Crippen LogP contribution in [-0.2, 0) is 13.5 Å². The summed E-state index contributed by atoms with van der Waals surface area (Å²) in [6.45, 7) is 0.557. The van der Waals surface area contributed by atoms with Crippen LogP contribution in [0.5, 0.6) is 0 Å². The minimum atomic E-state index is -0.502. The molecule has 1 amide bonds. The molecule has 0 radical (unpaired) electrons. The van der Waals surface area contributed by atoms with Crippen molar-refractivity contribution < 1.29 is 9.90 Å². The molecule has 3 heterocycles. The molecule has 21 heavy (non-hydrogen) atoms. The van der Waals surface area contributed by atoms with Crippen molar-refractivity contribution in [2.75, 3.05) is 6.54 Å². The van der Waals surface area contributed by atoms with Gasteiger partial charge >= 0.3 is 0 Å². The van der Waals surface area contributed by atoms with Gasteiger partial charge in [-0.2, -0.15) is 5.10 Å². The Bertz CT molecular complexity index is 626. The van der Waals surface area contributed by atoms with Gasteiger partial charge in [-0.3, -0.25) is 14.5 Å². The molecule has 1 aliphatic heterocycles. The van der Waals surface area contributed by atoms with Crippen LogP contribution in [0.3, 0.4) is 0 Å². The summed E-state index contributed by atoms with van der Waals surface area (Å²) in [4.78, 5) is 18.4. The predicted octanol–water partition coefficient (Wildman–Crippen LogP) is 0.633. The minimum absolute atomic E-state index is 0.124. The van der Waals surface area contributed by atoms with Crippen molar-refractivity contribution in [3.05, 3.63) is 48.0 Å². The first-order chi connectivity index (χ1) is 10.1. The number of carbonyl (C=O) groups excluding carboxylic acids is 1.